The van der Waals surface area contributed by atoms with Gasteiger partial charge in [-0.15, -0.1) is 0 Å². The number of carbonyl (C=O) groups is 1. The number of rotatable bonds is 12. The highest BCUT2D eigenvalue weighted by atomic mass is 16.1. The average Bonchev–Trinajstić information content (AvgIpc) is 2.39. The van der Waals surface area contributed by atoms with Gasteiger partial charge in [0, 0.05) is 6.04 Å². The van der Waals surface area contributed by atoms with Gasteiger partial charge in [-0.25, -0.2) is 0 Å². The fraction of sp³-hybridized carbons (Fsp3) is 0.933. The summed E-state index contributed by atoms with van der Waals surface area (Å²) in [5.74, 6) is 0.134. The summed E-state index contributed by atoms with van der Waals surface area (Å²) in [6.07, 6.45) is 9.82. The van der Waals surface area contributed by atoms with Crippen LogP contribution < -0.4 is 10.6 Å². The molecular formula is C15H32N2O. The standard InChI is InChI=1S/C15H32N2O/c1-4-7-8-9-10-11-12-16-13-15(18)17-14(5-2)6-3/h14,16H,4-13H2,1-3H3,(H,17,18). The number of hydrogen-bond acceptors (Lipinski definition) is 2. The first-order chi connectivity index (χ1) is 8.74. The second-order valence-electron chi connectivity index (χ2n) is 5.03. The van der Waals surface area contributed by atoms with Crippen LogP contribution in [0.5, 0.6) is 0 Å². The molecule has 2 N–H and O–H groups in total. The molecule has 0 heterocycles. The van der Waals surface area contributed by atoms with E-state index in [9.17, 15) is 4.79 Å². The van der Waals surface area contributed by atoms with Crippen LogP contribution in [0.4, 0.5) is 0 Å². The molecule has 3 nitrogen and oxygen atoms in total. The van der Waals surface area contributed by atoms with Gasteiger partial charge >= 0.3 is 0 Å². The molecule has 0 unspecified atom stereocenters. The van der Waals surface area contributed by atoms with Crippen molar-refractivity contribution in [2.45, 2.75) is 78.2 Å². The Morgan fingerprint density at radius 3 is 2.17 bits per heavy atom. The van der Waals surface area contributed by atoms with Crippen molar-refractivity contribution in [1.29, 1.82) is 0 Å². The first-order valence-corrected chi connectivity index (χ1v) is 7.74. The van der Waals surface area contributed by atoms with E-state index in [0.29, 0.717) is 12.6 Å². The topological polar surface area (TPSA) is 41.1 Å². The minimum atomic E-state index is 0.134. The fourth-order valence-electron chi connectivity index (χ4n) is 2.00. The molecule has 0 aliphatic carbocycles. The molecule has 0 rings (SSSR count). The largest absolute Gasteiger partial charge is 0.352 e. The van der Waals surface area contributed by atoms with Crippen LogP contribution in [0.25, 0.3) is 0 Å². The third kappa shape index (κ3) is 10.6. The molecule has 0 saturated carbocycles. The van der Waals surface area contributed by atoms with Gasteiger partial charge in [-0.3, -0.25) is 4.79 Å². The maximum atomic E-state index is 11.6. The Labute approximate surface area is 113 Å². The van der Waals surface area contributed by atoms with Crippen molar-refractivity contribution in [2.75, 3.05) is 13.1 Å². The molecule has 1 amide bonds. The average molecular weight is 256 g/mol. The summed E-state index contributed by atoms with van der Waals surface area (Å²) in [5, 5.41) is 6.25. The van der Waals surface area contributed by atoms with Crippen LogP contribution in [0.2, 0.25) is 0 Å². The Hall–Kier alpha value is -0.570. The first-order valence-electron chi connectivity index (χ1n) is 7.74. The van der Waals surface area contributed by atoms with E-state index in [0.717, 1.165) is 19.4 Å². The molecule has 108 valence electrons. The van der Waals surface area contributed by atoms with Gasteiger partial charge in [-0.05, 0) is 25.8 Å². The SMILES string of the molecule is CCCCCCCCNCC(=O)NC(CC)CC. The van der Waals surface area contributed by atoms with E-state index in [-0.39, 0.29) is 5.91 Å². The van der Waals surface area contributed by atoms with Crippen molar-refractivity contribution in [2.24, 2.45) is 0 Å². The van der Waals surface area contributed by atoms with Crippen molar-refractivity contribution in [3.8, 4) is 0 Å². The molecule has 0 spiro atoms. The van der Waals surface area contributed by atoms with Crippen LogP contribution >= 0.6 is 0 Å². The van der Waals surface area contributed by atoms with E-state index < -0.39 is 0 Å². The molecule has 0 aromatic rings. The van der Waals surface area contributed by atoms with Crippen molar-refractivity contribution < 1.29 is 4.79 Å². The molecule has 18 heavy (non-hydrogen) atoms. The lowest BCUT2D eigenvalue weighted by Crippen LogP contribution is -2.40. The number of unbranched alkanes of at least 4 members (excludes halogenated alkanes) is 5. The van der Waals surface area contributed by atoms with Gasteiger partial charge in [-0.2, -0.15) is 0 Å². The highest BCUT2D eigenvalue weighted by Gasteiger charge is 2.06. The minimum Gasteiger partial charge on any atom is -0.352 e. The molecule has 0 aromatic carbocycles. The number of nitrogens with one attached hydrogen (secondary N) is 2. The van der Waals surface area contributed by atoms with Gasteiger partial charge in [0.1, 0.15) is 0 Å². The molecule has 0 aromatic heterocycles. The van der Waals surface area contributed by atoms with Gasteiger partial charge in [0.2, 0.25) is 5.91 Å². The van der Waals surface area contributed by atoms with E-state index in [1.807, 2.05) is 0 Å². The molecule has 0 aliphatic heterocycles. The van der Waals surface area contributed by atoms with Crippen molar-refractivity contribution >= 4 is 5.91 Å². The van der Waals surface area contributed by atoms with Crippen LogP contribution in [0.15, 0.2) is 0 Å². The van der Waals surface area contributed by atoms with Crippen LogP contribution in [-0.2, 0) is 4.79 Å². The van der Waals surface area contributed by atoms with E-state index in [4.69, 9.17) is 0 Å². The lowest BCUT2D eigenvalue weighted by molar-refractivity contribution is -0.121. The van der Waals surface area contributed by atoms with E-state index >= 15 is 0 Å². The monoisotopic (exact) mass is 256 g/mol. The lowest BCUT2D eigenvalue weighted by Gasteiger charge is -2.14. The van der Waals surface area contributed by atoms with Crippen molar-refractivity contribution in [1.82, 2.24) is 10.6 Å². The predicted octanol–water partition coefficient (Wildman–Crippen LogP) is 3.24. The summed E-state index contributed by atoms with van der Waals surface area (Å²) in [4.78, 5) is 11.6. The zero-order valence-electron chi connectivity index (χ0n) is 12.6. The van der Waals surface area contributed by atoms with Crippen LogP contribution in [-0.4, -0.2) is 25.0 Å². The second-order valence-corrected chi connectivity index (χ2v) is 5.03. The number of hydrogen-bond donors (Lipinski definition) is 2. The Balaban J connectivity index is 3.30. The van der Waals surface area contributed by atoms with Gasteiger partial charge < -0.3 is 10.6 Å². The van der Waals surface area contributed by atoms with E-state index in [2.05, 4.69) is 31.4 Å². The predicted molar refractivity (Wildman–Crippen MR) is 78.8 cm³/mol. The number of amides is 1. The third-order valence-electron chi connectivity index (χ3n) is 3.34. The molecular weight excluding hydrogens is 224 g/mol. The normalized spacial score (nSPS) is 10.9. The molecule has 0 bridgehead atoms. The third-order valence-corrected chi connectivity index (χ3v) is 3.34. The minimum absolute atomic E-state index is 0.134. The van der Waals surface area contributed by atoms with Crippen LogP contribution in [0.1, 0.15) is 72.1 Å². The van der Waals surface area contributed by atoms with Gasteiger partial charge in [0.15, 0.2) is 0 Å². The zero-order chi connectivity index (χ0) is 13.6. The smallest absolute Gasteiger partial charge is 0.234 e. The highest BCUT2D eigenvalue weighted by Crippen LogP contribution is 2.03. The van der Waals surface area contributed by atoms with Crippen LogP contribution in [0.3, 0.4) is 0 Å². The molecule has 0 saturated heterocycles. The molecule has 3 heteroatoms. The first kappa shape index (κ1) is 17.4. The Kier molecular flexibility index (Phi) is 12.5. The van der Waals surface area contributed by atoms with E-state index in [1.54, 1.807) is 0 Å². The quantitative estimate of drug-likeness (QED) is 0.526. The van der Waals surface area contributed by atoms with Crippen molar-refractivity contribution in [3.63, 3.8) is 0 Å². The second kappa shape index (κ2) is 12.9. The van der Waals surface area contributed by atoms with Gasteiger partial charge in [0.05, 0.1) is 6.54 Å². The summed E-state index contributed by atoms with van der Waals surface area (Å²) in [7, 11) is 0. The lowest BCUT2D eigenvalue weighted by atomic mass is 10.1. The fourth-order valence-corrected chi connectivity index (χ4v) is 2.00. The summed E-state index contributed by atoms with van der Waals surface area (Å²) < 4.78 is 0. The summed E-state index contributed by atoms with van der Waals surface area (Å²) in [5.41, 5.74) is 0. The maximum absolute atomic E-state index is 11.6. The van der Waals surface area contributed by atoms with Crippen LogP contribution in [0, 0.1) is 0 Å². The number of carbonyl (C=O) groups excluding carboxylic acids is 1. The molecule has 0 radical (unpaired) electrons. The Morgan fingerprint density at radius 2 is 1.56 bits per heavy atom. The molecule has 0 aliphatic rings. The maximum Gasteiger partial charge on any atom is 0.234 e. The summed E-state index contributed by atoms with van der Waals surface area (Å²) >= 11 is 0. The highest BCUT2D eigenvalue weighted by molar-refractivity contribution is 5.78. The van der Waals surface area contributed by atoms with Gasteiger partial charge in [-0.1, -0.05) is 52.9 Å². The summed E-state index contributed by atoms with van der Waals surface area (Å²) in [6, 6.07) is 0.341. The van der Waals surface area contributed by atoms with Gasteiger partial charge in [0.25, 0.3) is 0 Å². The van der Waals surface area contributed by atoms with E-state index in [1.165, 1.54) is 38.5 Å². The zero-order valence-corrected chi connectivity index (χ0v) is 12.6. The van der Waals surface area contributed by atoms with Crippen molar-refractivity contribution in [3.05, 3.63) is 0 Å². The summed E-state index contributed by atoms with van der Waals surface area (Å²) in [6.45, 7) is 7.88. The Morgan fingerprint density at radius 1 is 0.944 bits per heavy atom. The Bertz CT molecular complexity index is 191. The molecule has 0 atom stereocenters. The molecule has 0 fully saturated rings.